The molecule has 4 heterocycles. The molecule has 5 aromatic rings. The van der Waals surface area contributed by atoms with Gasteiger partial charge in [-0.25, -0.2) is 15.0 Å². The standard InChI is InChI=1S/C22H16BrN7O3S/c23-13-7-15-16(33-11-32-15)8-17(13)34-22-27-18-19(24)26-10-29(20(18)28-22)5-6-30-9-25-14-4-2-1-3-12(14)21(30)31/h1-4,7-10,24H,5-6,11H2,(H,27,28). The maximum Gasteiger partial charge on any atom is 0.261 e. The van der Waals surface area contributed by atoms with Gasteiger partial charge in [0.15, 0.2) is 27.8 Å². The lowest BCUT2D eigenvalue weighted by Gasteiger charge is -2.09. The minimum Gasteiger partial charge on any atom is -0.454 e. The highest BCUT2D eigenvalue weighted by molar-refractivity contribution is 9.10. The first kappa shape index (κ1) is 20.9. The van der Waals surface area contributed by atoms with Crippen LogP contribution in [0.25, 0.3) is 22.1 Å². The lowest BCUT2D eigenvalue weighted by Crippen LogP contribution is -2.23. The van der Waals surface area contributed by atoms with Crippen LogP contribution in [-0.2, 0) is 13.1 Å². The van der Waals surface area contributed by atoms with E-state index < -0.39 is 0 Å². The molecule has 10 nitrogen and oxygen atoms in total. The molecular formula is C22H16BrN7O3S. The number of nitrogens with one attached hydrogen (secondary N) is 2. The third kappa shape index (κ3) is 3.64. The van der Waals surface area contributed by atoms with E-state index in [-0.39, 0.29) is 17.8 Å². The van der Waals surface area contributed by atoms with Gasteiger partial charge in [-0.1, -0.05) is 23.9 Å². The van der Waals surface area contributed by atoms with E-state index in [0.717, 1.165) is 9.37 Å². The Hall–Kier alpha value is -3.64. The van der Waals surface area contributed by atoms with Crippen molar-refractivity contribution >= 4 is 49.8 Å². The number of benzene rings is 2. The van der Waals surface area contributed by atoms with E-state index in [1.54, 1.807) is 23.3 Å². The zero-order valence-electron chi connectivity index (χ0n) is 17.5. The van der Waals surface area contributed by atoms with Gasteiger partial charge in [-0.3, -0.25) is 14.8 Å². The number of hydrogen-bond donors (Lipinski definition) is 2. The number of rotatable bonds is 5. The highest BCUT2D eigenvalue weighted by Crippen LogP contribution is 2.42. The fourth-order valence-electron chi connectivity index (χ4n) is 3.74. The van der Waals surface area contributed by atoms with Crippen LogP contribution in [0.2, 0.25) is 0 Å². The van der Waals surface area contributed by atoms with Crippen LogP contribution in [0.4, 0.5) is 0 Å². The third-order valence-electron chi connectivity index (χ3n) is 5.45. The normalized spacial score (nSPS) is 12.6. The van der Waals surface area contributed by atoms with E-state index in [2.05, 4.69) is 30.9 Å². The number of ether oxygens (including phenoxy) is 2. The number of aromatic amines is 1. The molecule has 170 valence electrons. The lowest BCUT2D eigenvalue weighted by atomic mass is 10.2. The predicted octanol–water partition coefficient (Wildman–Crippen LogP) is 3.29. The molecule has 1 aliphatic heterocycles. The van der Waals surface area contributed by atoms with Crippen LogP contribution in [0.3, 0.4) is 0 Å². The van der Waals surface area contributed by atoms with E-state index in [1.807, 2.05) is 34.9 Å². The largest absolute Gasteiger partial charge is 0.454 e. The van der Waals surface area contributed by atoms with Gasteiger partial charge >= 0.3 is 0 Å². The van der Waals surface area contributed by atoms with Crippen molar-refractivity contribution in [3.05, 3.63) is 69.4 Å². The second kappa shape index (κ2) is 8.29. The van der Waals surface area contributed by atoms with E-state index in [9.17, 15) is 4.79 Å². The molecule has 0 aliphatic carbocycles. The molecule has 2 aromatic carbocycles. The highest BCUT2D eigenvalue weighted by Gasteiger charge is 2.18. The van der Waals surface area contributed by atoms with Crippen LogP contribution in [0.1, 0.15) is 0 Å². The summed E-state index contributed by atoms with van der Waals surface area (Å²) in [5.41, 5.74) is 1.77. The van der Waals surface area contributed by atoms with Crippen LogP contribution >= 0.6 is 27.7 Å². The minimum absolute atomic E-state index is 0.0971. The van der Waals surface area contributed by atoms with Gasteiger partial charge in [0.25, 0.3) is 5.56 Å². The molecule has 3 aromatic heterocycles. The van der Waals surface area contributed by atoms with Crippen molar-refractivity contribution in [3.8, 4) is 11.5 Å². The molecule has 1 aliphatic rings. The van der Waals surface area contributed by atoms with E-state index in [0.29, 0.717) is 51.8 Å². The second-order valence-electron chi connectivity index (χ2n) is 7.53. The number of aromatic nitrogens is 6. The van der Waals surface area contributed by atoms with Gasteiger partial charge in [0, 0.05) is 22.5 Å². The molecule has 0 amide bonds. The van der Waals surface area contributed by atoms with Gasteiger partial charge in [0.1, 0.15) is 5.52 Å². The van der Waals surface area contributed by atoms with Crippen LogP contribution in [0.5, 0.6) is 11.5 Å². The number of hydrogen-bond acceptors (Lipinski definition) is 8. The number of para-hydroxylation sites is 1. The van der Waals surface area contributed by atoms with Crippen LogP contribution in [0, 0.1) is 5.41 Å². The number of H-pyrrole nitrogens is 1. The van der Waals surface area contributed by atoms with Crippen molar-refractivity contribution < 1.29 is 9.47 Å². The Kier molecular flexibility index (Phi) is 5.11. The molecule has 0 atom stereocenters. The van der Waals surface area contributed by atoms with Gasteiger partial charge in [0.05, 0.1) is 23.6 Å². The van der Waals surface area contributed by atoms with Crippen molar-refractivity contribution in [1.82, 2.24) is 29.1 Å². The predicted molar refractivity (Wildman–Crippen MR) is 128 cm³/mol. The van der Waals surface area contributed by atoms with Gasteiger partial charge < -0.3 is 19.0 Å². The molecule has 12 heteroatoms. The Labute approximate surface area is 204 Å². The van der Waals surface area contributed by atoms with Crippen LogP contribution in [-0.4, -0.2) is 35.9 Å². The molecule has 0 unspecified atom stereocenters. The van der Waals surface area contributed by atoms with Gasteiger partial charge in [-0.2, -0.15) is 0 Å². The molecule has 34 heavy (non-hydrogen) atoms. The van der Waals surface area contributed by atoms with E-state index >= 15 is 0 Å². The summed E-state index contributed by atoms with van der Waals surface area (Å²) in [6.07, 6.45) is 3.12. The first-order valence-electron chi connectivity index (χ1n) is 10.3. The summed E-state index contributed by atoms with van der Waals surface area (Å²) in [6, 6.07) is 11.0. The zero-order chi connectivity index (χ0) is 23.2. The molecule has 0 saturated heterocycles. The molecule has 0 spiro atoms. The SMILES string of the molecule is N=c1ncn(CCn2cnc3ccccc3c2=O)c2nc(Sc3cc4c(cc3Br)OCO4)[nH]c12. The van der Waals surface area contributed by atoms with Crippen molar-refractivity contribution in [2.75, 3.05) is 6.79 Å². The van der Waals surface area contributed by atoms with Gasteiger partial charge in [-0.15, -0.1) is 0 Å². The minimum atomic E-state index is -0.0987. The van der Waals surface area contributed by atoms with Crippen molar-refractivity contribution in [1.29, 1.82) is 5.41 Å². The fourth-order valence-corrected chi connectivity index (χ4v) is 5.12. The molecule has 0 bridgehead atoms. The number of fused-ring (bicyclic) bond motifs is 3. The van der Waals surface area contributed by atoms with Crippen molar-refractivity contribution in [2.45, 2.75) is 23.1 Å². The lowest BCUT2D eigenvalue weighted by molar-refractivity contribution is 0.174. The Morgan fingerprint density at radius 1 is 1.09 bits per heavy atom. The zero-order valence-corrected chi connectivity index (χ0v) is 19.9. The van der Waals surface area contributed by atoms with Crippen LogP contribution in [0.15, 0.2) is 68.4 Å². The topological polar surface area (TPSA) is 124 Å². The number of imidazole rings is 1. The molecule has 0 fully saturated rings. The number of halogens is 1. The Morgan fingerprint density at radius 3 is 2.74 bits per heavy atom. The Bertz CT molecular complexity index is 1690. The third-order valence-corrected chi connectivity index (χ3v) is 7.31. The first-order valence-corrected chi connectivity index (χ1v) is 11.9. The molecular weight excluding hydrogens is 522 g/mol. The molecule has 0 radical (unpaired) electrons. The summed E-state index contributed by atoms with van der Waals surface area (Å²) < 4.78 is 15.1. The summed E-state index contributed by atoms with van der Waals surface area (Å²) >= 11 is 4.97. The van der Waals surface area contributed by atoms with Gasteiger partial charge in [-0.05, 0) is 40.2 Å². The maximum absolute atomic E-state index is 12.8. The quantitative estimate of drug-likeness (QED) is 0.352. The average molecular weight is 538 g/mol. The molecule has 0 saturated carbocycles. The summed E-state index contributed by atoms with van der Waals surface area (Å²) in [6.45, 7) is 1.02. The maximum atomic E-state index is 12.8. The number of nitrogens with zero attached hydrogens (tertiary/aromatic N) is 5. The smallest absolute Gasteiger partial charge is 0.261 e. The summed E-state index contributed by atoms with van der Waals surface area (Å²) in [5.74, 6) is 1.36. The van der Waals surface area contributed by atoms with Crippen LogP contribution < -0.4 is 20.5 Å². The van der Waals surface area contributed by atoms with E-state index in [1.165, 1.54) is 11.8 Å². The molecule has 2 N–H and O–H groups in total. The van der Waals surface area contributed by atoms with Crippen molar-refractivity contribution in [3.63, 3.8) is 0 Å². The fraction of sp³-hybridized carbons (Fsp3) is 0.136. The Morgan fingerprint density at radius 2 is 1.85 bits per heavy atom. The summed E-state index contributed by atoms with van der Waals surface area (Å²) in [4.78, 5) is 30.1. The average Bonchev–Trinajstić information content (AvgIpc) is 3.47. The first-order chi connectivity index (χ1) is 16.6. The molecule has 6 rings (SSSR count). The number of aryl methyl sites for hydroxylation is 2. The van der Waals surface area contributed by atoms with Crippen molar-refractivity contribution in [2.24, 2.45) is 0 Å². The highest BCUT2D eigenvalue weighted by atomic mass is 79.9. The second-order valence-corrected chi connectivity index (χ2v) is 9.41. The van der Waals surface area contributed by atoms with Gasteiger partial charge in [0.2, 0.25) is 6.79 Å². The monoisotopic (exact) mass is 537 g/mol. The summed E-state index contributed by atoms with van der Waals surface area (Å²) in [7, 11) is 0. The Balaban J connectivity index is 1.31. The summed E-state index contributed by atoms with van der Waals surface area (Å²) in [5, 5.41) is 9.38. The van der Waals surface area contributed by atoms with E-state index in [4.69, 9.17) is 19.9 Å².